The molecule has 0 unspecified atom stereocenters. The summed E-state index contributed by atoms with van der Waals surface area (Å²) >= 11 is 5.33. The minimum atomic E-state index is -0.751. The lowest BCUT2D eigenvalue weighted by molar-refractivity contribution is 0.00306. The Morgan fingerprint density at radius 3 is 2.38 bits per heavy atom. The van der Waals surface area contributed by atoms with Gasteiger partial charge in [0.25, 0.3) is 0 Å². The van der Waals surface area contributed by atoms with Crippen LogP contribution in [0.4, 0.5) is 14.4 Å². The highest BCUT2D eigenvalue weighted by Crippen LogP contribution is 2.31. The molecule has 0 spiro atoms. The smallest absolute Gasteiger partial charge is 0.407 e. The largest absolute Gasteiger partial charge is 0.446 e. The number of nitrogens with one attached hydrogen (secondary N) is 1. The maximum Gasteiger partial charge on any atom is 0.407 e. The first-order chi connectivity index (χ1) is 9.67. The number of halogens is 1. The third kappa shape index (κ3) is 3.78. The highest BCUT2D eigenvalue weighted by molar-refractivity contribution is 6.64. The SMILES string of the molecule is CC(C)(C)NC(=O)OC1CC(N2CCN(C(=O)Cl)C2=O)C1. The molecule has 1 aliphatic heterocycles. The summed E-state index contributed by atoms with van der Waals surface area (Å²) in [6, 6.07) is -0.358. The third-order valence-corrected chi connectivity index (χ3v) is 3.72. The summed E-state index contributed by atoms with van der Waals surface area (Å²) in [5.74, 6) is 0. The van der Waals surface area contributed by atoms with E-state index in [0.29, 0.717) is 25.9 Å². The normalized spacial score (nSPS) is 25.6. The van der Waals surface area contributed by atoms with Crippen LogP contribution < -0.4 is 5.32 Å². The summed E-state index contributed by atoms with van der Waals surface area (Å²) in [5, 5.41) is 1.97. The van der Waals surface area contributed by atoms with Crippen molar-refractivity contribution in [3.05, 3.63) is 0 Å². The van der Waals surface area contributed by atoms with E-state index >= 15 is 0 Å². The number of carbonyl (C=O) groups is 3. The maximum atomic E-state index is 11.9. The summed E-state index contributed by atoms with van der Waals surface area (Å²) in [5.41, 5.74) is -0.341. The fourth-order valence-corrected chi connectivity index (χ4v) is 2.59. The van der Waals surface area contributed by atoms with Gasteiger partial charge in [-0.25, -0.2) is 14.5 Å². The first kappa shape index (κ1) is 15.9. The van der Waals surface area contributed by atoms with Crippen LogP contribution in [0.5, 0.6) is 0 Å². The molecule has 1 N–H and O–H groups in total. The van der Waals surface area contributed by atoms with Gasteiger partial charge in [-0.05, 0) is 32.4 Å². The molecule has 0 radical (unpaired) electrons. The van der Waals surface area contributed by atoms with Gasteiger partial charge in [0.1, 0.15) is 6.10 Å². The molecule has 1 saturated carbocycles. The number of amides is 4. The molecule has 118 valence electrons. The van der Waals surface area contributed by atoms with Gasteiger partial charge >= 0.3 is 17.5 Å². The number of alkyl carbamates (subject to hydrolysis) is 1. The van der Waals surface area contributed by atoms with Crippen molar-refractivity contribution in [2.24, 2.45) is 0 Å². The lowest BCUT2D eigenvalue weighted by Gasteiger charge is -2.40. The van der Waals surface area contributed by atoms with Crippen molar-refractivity contribution < 1.29 is 19.1 Å². The van der Waals surface area contributed by atoms with Crippen LogP contribution in [0.2, 0.25) is 0 Å². The molecule has 7 nitrogen and oxygen atoms in total. The van der Waals surface area contributed by atoms with Gasteiger partial charge in [-0.1, -0.05) is 0 Å². The second kappa shape index (κ2) is 5.71. The molecule has 1 heterocycles. The molecule has 0 aromatic heterocycles. The molecular weight excluding hydrogens is 298 g/mol. The zero-order valence-corrected chi connectivity index (χ0v) is 13.1. The Labute approximate surface area is 128 Å². The second-order valence-electron chi connectivity index (χ2n) is 6.41. The number of rotatable bonds is 2. The van der Waals surface area contributed by atoms with Gasteiger partial charge in [0.05, 0.1) is 0 Å². The van der Waals surface area contributed by atoms with E-state index < -0.39 is 11.5 Å². The predicted molar refractivity (Wildman–Crippen MR) is 76.2 cm³/mol. The molecule has 1 aliphatic carbocycles. The fourth-order valence-electron chi connectivity index (χ4n) is 2.43. The van der Waals surface area contributed by atoms with Crippen LogP contribution in [0.15, 0.2) is 0 Å². The van der Waals surface area contributed by atoms with E-state index in [1.165, 1.54) is 0 Å². The summed E-state index contributed by atoms with van der Waals surface area (Å²) in [6.07, 6.45) is 0.545. The first-order valence-electron chi connectivity index (χ1n) is 6.94. The van der Waals surface area contributed by atoms with Crippen molar-refractivity contribution in [2.45, 2.75) is 51.3 Å². The standard InChI is InChI=1S/C13H20ClN3O4/c1-13(2,3)15-11(19)21-9-6-8(7-9)16-4-5-17(10(14)18)12(16)20/h8-9H,4-7H2,1-3H3,(H,15,19). The van der Waals surface area contributed by atoms with Crippen molar-refractivity contribution in [2.75, 3.05) is 13.1 Å². The Morgan fingerprint density at radius 1 is 1.29 bits per heavy atom. The van der Waals surface area contributed by atoms with E-state index in [1.807, 2.05) is 20.8 Å². The number of hydrogen-bond acceptors (Lipinski definition) is 4. The van der Waals surface area contributed by atoms with Gasteiger partial charge < -0.3 is 15.0 Å². The predicted octanol–water partition coefficient (Wildman–Crippen LogP) is 2.14. The van der Waals surface area contributed by atoms with Crippen LogP contribution in [0.1, 0.15) is 33.6 Å². The number of urea groups is 1. The molecule has 2 aliphatic rings. The Bertz CT molecular complexity index is 457. The van der Waals surface area contributed by atoms with Gasteiger partial charge in [0.15, 0.2) is 0 Å². The van der Waals surface area contributed by atoms with E-state index in [4.69, 9.17) is 16.3 Å². The van der Waals surface area contributed by atoms with Crippen molar-refractivity contribution in [3.8, 4) is 0 Å². The fraction of sp³-hybridized carbons (Fsp3) is 0.769. The summed E-state index contributed by atoms with van der Waals surface area (Å²) in [7, 11) is 0. The lowest BCUT2D eigenvalue weighted by atomic mass is 9.88. The number of carbonyl (C=O) groups excluding carboxylic acids is 3. The highest BCUT2D eigenvalue weighted by Gasteiger charge is 2.43. The van der Waals surface area contributed by atoms with Gasteiger partial charge in [-0.3, -0.25) is 4.79 Å². The molecule has 4 amide bonds. The van der Waals surface area contributed by atoms with Crippen LogP contribution in [-0.2, 0) is 4.74 Å². The van der Waals surface area contributed by atoms with E-state index in [9.17, 15) is 14.4 Å². The van der Waals surface area contributed by atoms with Crippen molar-refractivity contribution in [1.82, 2.24) is 15.1 Å². The van der Waals surface area contributed by atoms with Crippen LogP contribution in [0.25, 0.3) is 0 Å². The van der Waals surface area contributed by atoms with Crippen LogP contribution in [0.3, 0.4) is 0 Å². The molecular formula is C13H20ClN3O4. The Morgan fingerprint density at radius 2 is 1.90 bits per heavy atom. The number of hydrogen-bond donors (Lipinski definition) is 1. The summed E-state index contributed by atoms with van der Waals surface area (Å²) in [4.78, 5) is 37.2. The number of imide groups is 1. The number of nitrogens with zero attached hydrogens (tertiary/aromatic N) is 2. The van der Waals surface area contributed by atoms with Gasteiger partial charge in [0.2, 0.25) is 0 Å². The molecule has 2 fully saturated rings. The Balaban J connectivity index is 1.76. The third-order valence-electron chi connectivity index (χ3n) is 3.51. The number of ether oxygens (including phenoxy) is 1. The monoisotopic (exact) mass is 317 g/mol. The molecule has 0 aromatic carbocycles. The molecule has 0 bridgehead atoms. The van der Waals surface area contributed by atoms with E-state index in [0.717, 1.165) is 4.90 Å². The zero-order chi connectivity index (χ0) is 15.8. The molecule has 1 saturated heterocycles. The minimum absolute atomic E-state index is 0.00551. The minimum Gasteiger partial charge on any atom is -0.446 e. The Kier molecular flexibility index (Phi) is 4.32. The van der Waals surface area contributed by atoms with Crippen molar-refractivity contribution in [3.63, 3.8) is 0 Å². The van der Waals surface area contributed by atoms with Crippen molar-refractivity contribution >= 4 is 29.1 Å². The van der Waals surface area contributed by atoms with Crippen molar-refractivity contribution in [1.29, 1.82) is 0 Å². The average molecular weight is 318 g/mol. The first-order valence-corrected chi connectivity index (χ1v) is 7.31. The van der Waals surface area contributed by atoms with Crippen LogP contribution >= 0.6 is 11.6 Å². The molecule has 0 aromatic rings. The average Bonchev–Trinajstić information content (AvgIpc) is 2.62. The Hall–Kier alpha value is -1.50. The maximum absolute atomic E-state index is 11.9. The van der Waals surface area contributed by atoms with E-state index in [2.05, 4.69) is 5.32 Å². The van der Waals surface area contributed by atoms with Crippen LogP contribution in [-0.4, -0.2) is 58.1 Å². The zero-order valence-electron chi connectivity index (χ0n) is 12.4. The van der Waals surface area contributed by atoms with Crippen LogP contribution in [0, 0.1) is 0 Å². The second-order valence-corrected chi connectivity index (χ2v) is 6.73. The summed E-state index contributed by atoms with van der Waals surface area (Å²) in [6.45, 7) is 6.41. The summed E-state index contributed by atoms with van der Waals surface area (Å²) < 4.78 is 5.27. The lowest BCUT2D eigenvalue weighted by Crippen LogP contribution is -2.52. The quantitative estimate of drug-likeness (QED) is 0.625. The molecule has 0 atom stereocenters. The highest BCUT2D eigenvalue weighted by atomic mass is 35.5. The van der Waals surface area contributed by atoms with Gasteiger partial charge in [-0.15, -0.1) is 0 Å². The van der Waals surface area contributed by atoms with Gasteiger partial charge in [-0.2, -0.15) is 0 Å². The van der Waals surface area contributed by atoms with E-state index in [1.54, 1.807) is 4.90 Å². The van der Waals surface area contributed by atoms with Gasteiger partial charge in [0, 0.05) is 37.5 Å². The topological polar surface area (TPSA) is 79.0 Å². The molecule has 8 heteroatoms. The van der Waals surface area contributed by atoms with E-state index in [-0.39, 0.29) is 23.7 Å². The molecule has 2 rings (SSSR count). The molecule has 21 heavy (non-hydrogen) atoms.